The van der Waals surface area contributed by atoms with E-state index in [0.717, 1.165) is 5.39 Å². The van der Waals surface area contributed by atoms with Gasteiger partial charge in [0.2, 0.25) is 0 Å². The molecule has 0 fully saturated rings. The highest BCUT2D eigenvalue weighted by Crippen LogP contribution is 2.25. The monoisotopic (exact) mass is 413 g/mol. The van der Waals surface area contributed by atoms with Gasteiger partial charge in [-0.3, -0.25) is 9.48 Å². The fourth-order valence-electron chi connectivity index (χ4n) is 2.94. The van der Waals surface area contributed by atoms with Crippen LogP contribution in [0.15, 0.2) is 36.8 Å². The van der Waals surface area contributed by atoms with Gasteiger partial charge in [-0.2, -0.15) is 10.1 Å². The van der Waals surface area contributed by atoms with Crippen molar-refractivity contribution >= 4 is 22.6 Å². The Morgan fingerprint density at radius 2 is 2.17 bits per heavy atom. The Morgan fingerprint density at radius 1 is 1.33 bits per heavy atom. The molecule has 2 N–H and O–H groups in total. The number of fused-ring (bicyclic) bond motifs is 1. The quantitative estimate of drug-likeness (QED) is 0.503. The predicted molar refractivity (Wildman–Crippen MR) is 105 cm³/mol. The van der Waals surface area contributed by atoms with Crippen LogP contribution in [0.25, 0.3) is 22.3 Å². The van der Waals surface area contributed by atoms with Crippen molar-refractivity contribution in [1.29, 1.82) is 0 Å². The summed E-state index contributed by atoms with van der Waals surface area (Å²) in [5.41, 5.74) is 2.90. The highest BCUT2D eigenvalue weighted by molar-refractivity contribution is 6.05. The number of carbonyl (C=O) groups excluding carboxylic acids is 1. The molecule has 0 unspecified atom stereocenters. The lowest BCUT2D eigenvalue weighted by Gasteiger charge is -2.04. The third kappa shape index (κ3) is 4.09. The smallest absolute Gasteiger partial charge is 0.317 e. The lowest BCUT2D eigenvalue weighted by molar-refractivity contribution is 0.0770. The minimum Gasteiger partial charge on any atom is -0.457 e. The zero-order valence-electron chi connectivity index (χ0n) is 16.1. The van der Waals surface area contributed by atoms with Gasteiger partial charge in [0.15, 0.2) is 6.61 Å². The van der Waals surface area contributed by atoms with Gasteiger partial charge in [0, 0.05) is 37.1 Å². The molecular formula is C19H17F2N7O2. The molecular weight excluding hydrogens is 396 g/mol. The number of anilines is 1. The van der Waals surface area contributed by atoms with E-state index in [0.29, 0.717) is 34.0 Å². The van der Waals surface area contributed by atoms with Gasteiger partial charge in [-0.1, -0.05) is 0 Å². The summed E-state index contributed by atoms with van der Waals surface area (Å²) >= 11 is 0. The molecule has 4 heterocycles. The van der Waals surface area contributed by atoms with Crippen LogP contribution >= 0.6 is 0 Å². The first-order valence-electron chi connectivity index (χ1n) is 8.94. The molecule has 0 bridgehead atoms. The number of H-pyrrole nitrogens is 1. The van der Waals surface area contributed by atoms with Crippen LogP contribution in [0, 0.1) is 6.92 Å². The van der Waals surface area contributed by atoms with Crippen LogP contribution in [0.2, 0.25) is 0 Å². The van der Waals surface area contributed by atoms with Gasteiger partial charge in [-0.05, 0) is 19.1 Å². The average Bonchev–Trinajstić information content (AvgIpc) is 3.28. The third-order valence-corrected chi connectivity index (χ3v) is 4.25. The number of alkyl halides is 2. The Labute approximate surface area is 169 Å². The van der Waals surface area contributed by atoms with E-state index >= 15 is 0 Å². The zero-order chi connectivity index (χ0) is 21.3. The highest BCUT2D eigenvalue weighted by Gasteiger charge is 2.14. The lowest BCUT2D eigenvalue weighted by atomic mass is 10.2. The number of carbonyl (C=O) groups is 1. The fraction of sp³-hybridized carbons (Fsp3) is 0.211. The second kappa shape index (κ2) is 7.85. The summed E-state index contributed by atoms with van der Waals surface area (Å²) < 4.78 is 31.1. The molecule has 0 spiro atoms. The summed E-state index contributed by atoms with van der Waals surface area (Å²) in [6.07, 6.45) is 2.06. The van der Waals surface area contributed by atoms with Crippen molar-refractivity contribution in [3.05, 3.63) is 48.0 Å². The SMILES string of the molecule is Cc1nn(C)cc1C(=O)Nc1cc2[nH]c(-c3ccnc(OCC(F)F)n3)cc2cn1. The van der Waals surface area contributed by atoms with Crippen molar-refractivity contribution in [3.63, 3.8) is 0 Å². The van der Waals surface area contributed by atoms with Gasteiger partial charge in [-0.25, -0.2) is 18.7 Å². The number of aryl methyl sites for hydroxylation is 2. The number of ether oxygens (including phenoxy) is 1. The van der Waals surface area contributed by atoms with Gasteiger partial charge in [0.1, 0.15) is 5.82 Å². The predicted octanol–water partition coefficient (Wildman–Crippen LogP) is 2.96. The van der Waals surface area contributed by atoms with E-state index in [9.17, 15) is 13.6 Å². The van der Waals surface area contributed by atoms with E-state index < -0.39 is 13.0 Å². The summed E-state index contributed by atoms with van der Waals surface area (Å²) in [7, 11) is 1.74. The minimum atomic E-state index is -2.61. The van der Waals surface area contributed by atoms with E-state index in [1.54, 1.807) is 49.2 Å². The molecule has 0 saturated carbocycles. The molecule has 0 radical (unpaired) electrons. The Balaban J connectivity index is 1.56. The van der Waals surface area contributed by atoms with Crippen molar-refractivity contribution in [1.82, 2.24) is 29.7 Å². The summed E-state index contributed by atoms with van der Waals surface area (Å²) in [4.78, 5) is 27.9. The minimum absolute atomic E-state index is 0.135. The molecule has 1 amide bonds. The Morgan fingerprint density at radius 3 is 2.90 bits per heavy atom. The molecule has 4 aromatic heterocycles. The van der Waals surface area contributed by atoms with Crippen molar-refractivity contribution in [3.8, 4) is 17.4 Å². The Hall–Kier alpha value is -3.89. The van der Waals surface area contributed by atoms with Crippen LogP contribution in [0.5, 0.6) is 6.01 Å². The first-order chi connectivity index (χ1) is 14.4. The number of hydrogen-bond donors (Lipinski definition) is 2. The topological polar surface area (TPSA) is 111 Å². The van der Waals surface area contributed by atoms with E-state index in [2.05, 4.69) is 30.4 Å². The third-order valence-electron chi connectivity index (χ3n) is 4.25. The maximum absolute atomic E-state index is 12.5. The number of aromatic nitrogens is 6. The van der Waals surface area contributed by atoms with E-state index in [1.165, 1.54) is 6.20 Å². The molecule has 0 aliphatic carbocycles. The number of hydrogen-bond acceptors (Lipinski definition) is 6. The molecule has 0 saturated heterocycles. The van der Waals surface area contributed by atoms with E-state index in [4.69, 9.17) is 4.74 Å². The Kier molecular flexibility index (Phi) is 5.09. The molecule has 4 rings (SSSR count). The highest BCUT2D eigenvalue weighted by atomic mass is 19.3. The van der Waals surface area contributed by atoms with Gasteiger partial charge in [0.05, 0.1) is 28.2 Å². The molecule has 0 aromatic carbocycles. The molecule has 30 heavy (non-hydrogen) atoms. The maximum Gasteiger partial charge on any atom is 0.317 e. The maximum atomic E-state index is 12.5. The van der Waals surface area contributed by atoms with Crippen molar-refractivity contribution in [2.24, 2.45) is 7.05 Å². The molecule has 0 atom stereocenters. The van der Waals surface area contributed by atoms with Gasteiger partial charge in [0.25, 0.3) is 12.3 Å². The largest absolute Gasteiger partial charge is 0.457 e. The molecule has 9 nitrogen and oxygen atoms in total. The second-order valence-corrected chi connectivity index (χ2v) is 6.52. The van der Waals surface area contributed by atoms with E-state index in [1.807, 2.05) is 0 Å². The molecule has 4 aromatic rings. The standard InChI is InChI=1S/C19H17F2N7O2/c1-10-12(8-28(2)27-10)18(29)26-17-6-14-11(7-23-17)5-15(24-14)13-3-4-22-19(25-13)30-9-16(20)21/h3-8,16,24H,9H2,1-2H3,(H,23,26,29). The molecule has 0 aliphatic rings. The van der Waals surface area contributed by atoms with Crippen molar-refractivity contribution in [2.45, 2.75) is 13.3 Å². The summed E-state index contributed by atoms with van der Waals surface area (Å²) in [5.74, 6) is 0.0589. The van der Waals surface area contributed by atoms with Gasteiger partial charge >= 0.3 is 6.01 Å². The van der Waals surface area contributed by atoms with Crippen LogP contribution in [-0.2, 0) is 7.05 Å². The Bertz CT molecular complexity index is 1220. The summed E-state index contributed by atoms with van der Waals surface area (Å²) in [5, 5.41) is 7.69. The number of nitrogens with zero attached hydrogens (tertiary/aromatic N) is 5. The second-order valence-electron chi connectivity index (χ2n) is 6.52. The van der Waals surface area contributed by atoms with Crippen molar-refractivity contribution in [2.75, 3.05) is 11.9 Å². The van der Waals surface area contributed by atoms with Crippen LogP contribution in [0.3, 0.4) is 0 Å². The number of aromatic amines is 1. The van der Waals surface area contributed by atoms with Crippen LogP contribution in [0.4, 0.5) is 14.6 Å². The fourth-order valence-corrected chi connectivity index (χ4v) is 2.94. The number of halogens is 2. The van der Waals surface area contributed by atoms with Gasteiger partial charge in [-0.15, -0.1) is 0 Å². The summed E-state index contributed by atoms with van der Waals surface area (Å²) in [6.45, 7) is 0.976. The number of nitrogens with one attached hydrogen (secondary N) is 2. The first-order valence-corrected chi connectivity index (χ1v) is 8.94. The van der Waals surface area contributed by atoms with Gasteiger partial charge < -0.3 is 15.0 Å². The van der Waals surface area contributed by atoms with Crippen molar-refractivity contribution < 1.29 is 18.3 Å². The molecule has 154 valence electrons. The lowest BCUT2D eigenvalue weighted by Crippen LogP contribution is -2.13. The number of amides is 1. The van der Waals surface area contributed by atoms with E-state index in [-0.39, 0.29) is 11.9 Å². The number of rotatable bonds is 6. The first kappa shape index (κ1) is 19.4. The summed E-state index contributed by atoms with van der Waals surface area (Å²) in [6, 6.07) is 4.99. The molecule has 0 aliphatic heterocycles. The van der Waals surface area contributed by atoms with Crippen LogP contribution in [-0.4, -0.2) is 48.7 Å². The van der Waals surface area contributed by atoms with Crippen LogP contribution < -0.4 is 10.1 Å². The number of pyridine rings is 1. The van der Waals surface area contributed by atoms with Crippen LogP contribution in [0.1, 0.15) is 16.1 Å². The molecule has 11 heteroatoms. The normalized spacial score (nSPS) is 11.2. The zero-order valence-corrected chi connectivity index (χ0v) is 16.1. The average molecular weight is 413 g/mol.